The van der Waals surface area contributed by atoms with Crippen molar-refractivity contribution >= 4 is 29.2 Å². The first kappa shape index (κ1) is 14.3. The smallest absolute Gasteiger partial charge is 0.308 e. The van der Waals surface area contributed by atoms with Crippen molar-refractivity contribution in [1.29, 1.82) is 0 Å². The van der Waals surface area contributed by atoms with E-state index in [1.54, 1.807) is 31.2 Å². The predicted molar refractivity (Wildman–Crippen MR) is 69.3 cm³/mol. The zero-order valence-electron chi connectivity index (χ0n) is 9.98. The largest absolute Gasteiger partial charge is 0.466 e. The molecule has 0 aliphatic carbocycles. The molecular formula is C12H15ClN2O3. The van der Waals surface area contributed by atoms with Crippen molar-refractivity contribution in [2.45, 2.75) is 19.4 Å². The number of rotatable bonds is 6. The number of ether oxygens (including phenoxy) is 1. The second kappa shape index (κ2) is 6.86. The molecule has 1 unspecified atom stereocenters. The number of halogens is 1. The lowest BCUT2D eigenvalue weighted by atomic mass is 10.2. The molecule has 0 saturated heterocycles. The van der Waals surface area contributed by atoms with Crippen molar-refractivity contribution < 1.29 is 14.3 Å². The minimum Gasteiger partial charge on any atom is -0.466 e. The lowest BCUT2D eigenvalue weighted by Gasteiger charge is -2.16. The number of esters is 1. The number of benzene rings is 1. The van der Waals surface area contributed by atoms with Crippen LogP contribution >= 0.6 is 11.6 Å². The summed E-state index contributed by atoms with van der Waals surface area (Å²) in [6.45, 7) is 1.95. The van der Waals surface area contributed by atoms with Gasteiger partial charge < -0.3 is 15.8 Å². The highest BCUT2D eigenvalue weighted by molar-refractivity contribution is 6.33. The van der Waals surface area contributed by atoms with Crippen LogP contribution in [0.1, 0.15) is 13.3 Å². The fourth-order valence-electron chi connectivity index (χ4n) is 1.38. The molecule has 1 atom stereocenters. The van der Waals surface area contributed by atoms with E-state index in [9.17, 15) is 9.59 Å². The Kier molecular flexibility index (Phi) is 5.45. The Hall–Kier alpha value is -1.75. The molecule has 0 radical (unpaired) electrons. The van der Waals surface area contributed by atoms with Gasteiger partial charge in [0.25, 0.3) is 0 Å². The van der Waals surface area contributed by atoms with Crippen molar-refractivity contribution in [3.63, 3.8) is 0 Å². The number of primary amides is 1. The molecule has 0 saturated carbocycles. The molecule has 5 nitrogen and oxygen atoms in total. The minimum atomic E-state index is -0.844. The van der Waals surface area contributed by atoms with Crippen LogP contribution in [0.25, 0.3) is 0 Å². The molecule has 0 aliphatic rings. The van der Waals surface area contributed by atoms with Crippen molar-refractivity contribution in [3.8, 4) is 0 Å². The van der Waals surface area contributed by atoms with E-state index in [4.69, 9.17) is 22.1 Å². The molecule has 98 valence electrons. The maximum absolute atomic E-state index is 11.3. The summed E-state index contributed by atoms with van der Waals surface area (Å²) < 4.78 is 4.77. The second-order valence-electron chi connectivity index (χ2n) is 3.59. The topological polar surface area (TPSA) is 81.4 Å². The number of carbonyl (C=O) groups excluding carboxylic acids is 2. The van der Waals surface area contributed by atoms with Crippen molar-refractivity contribution in [1.82, 2.24) is 0 Å². The number of anilines is 1. The minimum absolute atomic E-state index is 0.131. The van der Waals surface area contributed by atoms with Crippen LogP contribution in [-0.2, 0) is 14.3 Å². The van der Waals surface area contributed by atoms with Gasteiger partial charge in [0.15, 0.2) is 0 Å². The average Bonchev–Trinajstić information content (AvgIpc) is 2.31. The monoisotopic (exact) mass is 270 g/mol. The van der Waals surface area contributed by atoms with Gasteiger partial charge in [-0.2, -0.15) is 0 Å². The lowest BCUT2D eigenvalue weighted by molar-refractivity contribution is -0.144. The van der Waals surface area contributed by atoms with Crippen LogP contribution in [0.2, 0.25) is 5.02 Å². The maximum atomic E-state index is 11.3. The van der Waals surface area contributed by atoms with Gasteiger partial charge in [0, 0.05) is 0 Å². The highest BCUT2D eigenvalue weighted by atomic mass is 35.5. The van der Waals surface area contributed by atoms with E-state index in [1.807, 2.05) is 0 Å². The van der Waals surface area contributed by atoms with Gasteiger partial charge in [0.1, 0.15) is 6.04 Å². The van der Waals surface area contributed by atoms with Gasteiger partial charge in [0.05, 0.1) is 23.7 Å². The molecule has 0 fully saturated rings. The van der Waals surface area contributed by atoms with Crippen molar-refractivity contribution in [3.05, 3.63) is 29.3 Å². The summed E-state index contributed by atoms with van der Waals surface area (Å²) in [6.07, 6.45) is -0.131. The summed E-state index contributed by atoms with van der Waals surface area (Å²) in [7, 11) is 0. The Balaban J connectivity index is 2.72. The Morgan fingerprint density at radius 1 is 1.44 bits per heavy atom. The summed E-state index contributed by atoms with van der Waals surface area (Å²) >= 11 is 5.94. The quantitative estimate of drug-likeness (QED) is 0.769. The highest BCUT2D eigenvalue weighted by Crippen LogP contribution is 2.21. The van der Waals surface area contributed by atoms with Gasteiger partial charge in [-0.1, -0.05) is 23.7 Å². The van der Waals surface area contributed by atoms with Crippen LogP contribution in [0, 0.1) is 0 Å². The summed E-state index contributed by atoms with van der Waals surface area (Å²) in [5.41, 5.74) is 5.78. The SMILES string of the molecule is CCOC(=O)CC(Nc1ccccc1Cl)C(N)=O. The Labute approximate surface area is 110 Å². The molecule has 0 aliphatic heterocycles. The molecular weight excluding hydrogens is 256 g/mol. The second-order valence-corrected chi connectivity index (χ2v) is 4.00. The predicted octanol–water partition coefficient (Wildman–Crippen LogP) is 1.56. The number of para-hydroxylation sites is 1. The lowest BCUT2D eigenvalue weighted by Crippen LogP contribution is -2.37. The Bertz CT molecular complexity index is 437. The number of nitrogens with one attached hydrogen (secondary N) is 1. The van der Waals surface area contributed by atoms with Gasteiger partial charge in [0.2, 0.25) is 5.91 Å². The summed E-state index contributed by atoms with van der Waals surface area (Å²) in [4.78, 5) is 22.6. The average molecular weight is 271 g/mol. The number of amides is 1. The van der Waals surface area contributed by atoms with Crippen LogP contribution < -0.4 is 11.1 Å². The van der Waals surface area contributed by atoms with Crippen molar-refractivity contribution in [2.75, 3.05) is 11.9 Å². The third-order valence-electron chi connectivity index (χ3n) is 2.22. The number of hydrogen-bond donors (Lipinski definition) is 2. The van der Waals surface area contributed by atoms with E-state index in [0.29, 0.717) is 10.7 Å². The van der Waals surface area contributed by atoms with Gasteiger partial charge in [-0.3, -0.25) is 9.59 Å². The van der Waals surface area contributed by atoms with E-state index in [0.717, 1.165) is 0 Å². The summed E-state index contributed by atoms with van der Waals surface area (Å²) in [6, 6.07) is 6.05. The van der Waals surface area contributed by atoms with E-state index in [2.05, 4.69) is 5.32 Å². The molecule has 1 aromatic carbocycles. The fraction of sp³-hybridized carbons (Fsp3) is 0.333. The first-order valence-corrected chi connectivity index (χ1v) is 5.88. The van der Waals surface area contributed by atoms with Gasteiger partial charge in [-0.05, 0) is 19.1 Å². The molecule has 1 rings (SSSR count). The van der Waals surface area contributed by atoms with E-state index in [1.165, 1.54) is 0 Å². The normalized spacial score (nSPS) is 11.7. The van der Waals surface area contributed by atoms with Gasteiger partial charge in [-0.15, -0.1) is 0 Å². The Morgan fingerprint density at radius 3 is 2.67 bits per heavy atom. The molecule has 18 heavy (non-hydrogen) atoms. The van der Waals surface area contributed by atoms with Crippen LogP contribution in [-0.4, -0.2) is 24.5 Å². The Morgan fingerprint density at radius 2 is 2.11 bits per heavy atom. The fourth-order valence-corrected chi connectivity index (χ4v) is 1.57. The molecule has 6 heteroatoms. The number of nitrogens with two attached hydrogens (primary N) is 1. The van der Waals surface area contributed by atoms with Crippen LogP contribution in [0.3, 0.4) is 0 Å². The van der Waals surface area contributed by atoms with Crippen LogP contribution in [0.15, 0.2) is 24.3 Å². The molecule has 0 bridgehead atoms. The third kappa shape index (κ3) is 4.25. The molecule has 0 heterocycles. The standard InChI is InChI=1S/C12H15ClN2O3/c1-2-18-11(16)7-10(12(14)17)15-9-6-4-3-5-8(9)13/h3-6,10,15H,2,7H2,1H3,(H2,14,17). The molecule has 1 amide bonds. The molecule has 3 N–H and O–H groups in total. The zero-order valence-corrected chi connectivity index (χ0v) is 10.7. The van der Waals surface area contributed by atoms with E-state index in [-0.39, 0.29) is 13.0 Å². The summed E-state index contributed by atoms with van der Waals surface area (Å²) in [5.74, 6) is -1.12. The number of carbonyl (C=O) groups is 2. The maximum Gasteiger partial charge on any atom is 0.308 e. The highest BCUT2D eigenvalue weighted by Gasteiger charge is 2.20. The first-order chi connectivity index (χ1) is 8.54. The molecule has 1 aromatic rings. The first-order valence-electron chi connectivity index (χ1n) is 5.50. The number of hydrogen-bond acceptors (Lipinski definition) is 4. The third-order valence-corrected chi connectivity index (χ3v) is 2.55. The van der Waals surface area contributed by atoms with Crippen LogP contribution in [0.5, 0.6) is 0 Å². The molecule has 0 spiro atoms. The van der Waals surface area contributed by atoms with Crippen LogP contribution in [0.4, 0.5) is 5.69 Å². The van der Waals surface area contributed by atoms with Gasteiger partial charge in [-0.25, -0.2) is 0 Å². The zero-order chi connectivity index (χ0) is 13.5. The van der Waals surface area contributed by atoms with Crippen molar-refractivity contribution in [2.24, 2.45) is 5.73 Å². The van der Waals surface area contributed by atoms with Gasteiger partial charge >= 0.3 is 5.97 Å². The van der Waals surface area contributed by atoms with E-state index >= 15 is 0 Å². The summed E-state index contributed by atoms with van der Waals surface area (Å²) in [5, 5.41) is 3.28. The molecule has 0 aromatic heterocycles. The van der Waals surface area contributed by atoms with E-state index < -0.39 is 17.9 Å².